The maximum absolute atomic E-state index is 12.4. The van der Waals surface area contributed by atoms with Gasteiger partial charge in [0.15, 0.2) is 0 Å². The molecule has 1 atom stereocenters. The van der Waals surface area contributed by atoms with Crippen LogP contribution >= 0.6 is 11.8 Å². The minimum atomic E-state index is -0.623. The minimum absolute atomic E-state index is 0.164. The van der Waals surface area contributed by atoms with Gasteiger partial charge in [-0.15, -0.1) is 11.8 Å². The van der Waals surface area contributed by atoms with Gasteiger partial charge in [0.2, 0.25) is 0 Å². The Kier molecular flexibility index (Phi) is 4.82. The van der Waals surface area contributed by atoms with Crippen molar-refractivity contribution in [3.05, 3.63) is 59.7 Å². The van der Waals surface area contributed by atoms with Gasteiger partial charge < -0.3 is 10.4 Å². The zero-order chi connectivity index (χ0) is 14.5. The van der Waals surface area contributed by atoms with Gasteiger partial charge in [0.1, 0.15) is 0 Å². The van der Waals surface area contributed by atoms with Gasteiger partial charge in [-0.3, -0.25) is 4.79 Å². The number of carbonyl (C=O) groups excluding carboxylic acids is 1. The molecule has 104 valence electrons. The molecule has 0 radical (unpaired) electrons. The molecule has 0 aromatic heterocycles. The van der Waals surface area contributed by atoms with Crippen LogP contribution in [0.5, 0.6) is 0 Å². The van der Waals surface area contributed by atoms with Crippen LogP contribution in [0.15, 0.2) is 53.4 Å². The smallest absolute Gasteiger partial charge is 0.256 e. The van der Waals surface area contributed by atoms with E-state index in [0.29, 0.717) is 16.8 Å². The first-order valence-electron chi connectivity index (χ1n) is 6.35. The lowest BCUT2D eigenvalue weighted by atomic mass is 10.1. The Balaban J connectivity index is 2.28. The number of aliphatic hydroxyl groups is 1. The van der Waals surface area contributed by atoms with E-state index in [1.54, 1.807) is 25.1 Å². The predicted octanol–water partition coefficient (Wildman–Crippen LogP) is 3.71. The Morgan fingerprint density at radius 3 is 2.50 bits per heavy atom. The van der Waals surface area contributed by atoms with E-state index in [-0.39, 0.29) is 5.91 Å². The second-order valence-corrected chi connectivity index (χ2v) is 5.27. The molecule has 0 heterocycles. The number of hydrogen-bond donors (Lipinski definition) is 2. The molecular weight excluding hydrogens is 270 g/mol. The van der Waals surface area contributed by atoms with E-state index in [1.165, 1.54) is 11.8 Å². The minimum Gasteiger partial charge on any atom is -0.389 e. The SMILES string of the molecule is CSc1ccccc1C(=O)Nc1ccccc1C(C)O. The first-order valence-corrected chi connectivity index (χ1v) is 7.57. The third kappa shape index (κ3) is 3.21. The molecule has 0 fully saturated rings. The summed E-state index contributed by atoms with van der Waals surface area (Å²) in [7, 11) is 0. The van der Waals surface area contributed by atoms with Gasteiger partial charge >= 0.3 is 0 Å². The van der Waals surface area contributed by atoms with Crippen LogP contribution in [0, 0.1) is 0 Å². The number of nitrogens with one attached hydrogen (secondary N) is 1. The zero-order valence-electron chi connectivity index (χ0n) is 11.5. The van der Waals surface area contributed by atoms with Crippen LogP contribution in [0.1, 0.15) is 28.9 Å². The van der Waals surface area contributed by atoms with Crippen molar-refractivity contribution < 1.29 is 9.90 Å². The summed E-state index contributed by atoms with van der Waals surface area (Å²) >= 11 is 1.53. The highest BCUT2D eigenvalue weighted by molar-refractivity contribution is 7.98. The van der Waals surface area contributed by atoms with Crippen molar-refractivity contribution in [1.29, 1.82) is 0 Å². The number of anilines is 1. The van der Waals surface area contributed by atoms with Crippen molar-refractivity contribution in [2.75, 3.05) is 11.6 Å². The van der Waals surface area contributed by atoms with Crippen LogP contribution in [0.2, 0.25) is 0 Å². The largest absolute Gasteiger partial charge is 0.389 e. The van der Waals surface area contributed by atoms with Gasteiger partial charge in [0.05, 0.1) is 11.7 Å². The summed E-state index contributed by atoms with van der Waals surface area (Å²) in [6, 6.07) is 14.7. The molecule has 0 saturated carbocycles. The number of amides is 1. The Bertz CT molecular complexity index is 611. The maximum atomic E-state index is 12.4. The molecule has 4 heteroatoms. The molecule has 0 saturated heterocycles. The van der Waals surface area contributed by atoms with Crippen LogP contribution in [0.4, 0.5) is 5.69 Å². The number of rotatable bonds is 4. The molecule has 3 nitrogen and oxygen atoms in total. The van der Waals surface area contributed by atoms with Gasteiger partial charge in [-0.2, -0.15) is 0 Å². The molecule has 20 heavy (non-hydrogen) atoms. The second-order valence-electron chi connectivity index (χ2n) is 4.42. The zero-order valence-corrected chi connectivity index (χ0v) is 12.3. The molecule has 2 rings (SSSR count). The summed E-state index contributed by atoms with van der Waals surface area (Å²) in [5.41, 5.74) is 1.99. The number of aliphatic hydroxyl groups excluding tert-OH is 1. The molecule has 1 unspecified atom stereocenters. The maximum Gasteiger partial charge on any atom is 0.256 e. The van der Waals surface area contributed by atoms with E-state index in [9.17, 15) is 9.90 Å². The number of para-hydroxylation sites is 1. The monoisotopic (exact) mass is 287 g/mol. The fraction of sp³-hybridized carbons (Fsp3) is 0.188. The Morgan fingerprint density at radius 2 is 1.80 bits per heavy atom. The van der Waals surface area contributed by atoms with Crippen molar-refractivity contribution in [2.24, 2.45) is 0 Å². The summed E-state index contributed by atoms with van der Waals surface area (Å²) < 4.78 is 0. The first kappa shape index (κ1) is 14.6. The standard InChI is InChI=1S/C16H17NO2S/c1-11(18)12-7-3-5-9-14(12)17-16(19)13-8-4-6-10-15(13)20-2/h3-11,18H,1-2H3,(H,17,19). The average Bonchev–Trinajstić information content (AvgIpc) is 2.47. The predicted molar refractivity (Wildman–Crippen MR) is 83.3 cm³/mol. The normalized spacial score (nSPS) is 11.9. The summed E-state index contributed by atoms with van der Waals surface area (Å²) in [4.78, 5) is 13.3. The van der Waals surface area contributed by atoms with Crippen molar-refractivity contribution in [1.82, 2.24) is 0 Å². The third-order valence-corrected chi connectivity index (χ3v) is 3.81. The molecule has 0 aliphatic carbocycles. The van der Waals surface area contributed by atoms with Gasteiger partial charge in [0, 0.05) is 16.1 Å². The van der Waals surface area contributed by atoms with Gasteiger partial charge in [-0.05, 0) is 31.4 Å². The number of benzene rings is 2. The molecule has 2 aromatic rings. The summed E-state index contributed by atoms with van der Waals surface area (Å²) in [6.45, 7) is 1.68. The van der Waals surface area contributed by atoms with Gasteiger partial charge in [0.25, 0.3) is 5.91 Å². The third-order valence-electron chi connectivity index (χ3n) is 3.01. The number of carbonyl (C=O) groups is 1. The van der Waals surface area contributed by atoms with E-state index < -0.39 is 6.10 Å². The van der Waals surface area contributed by atoms with Crippen molar-refractivity contribution in [3.8, 4) is 0 Å². The van der Waals surface area contributed by atoms with E-state index >= 15 is 0 Å². The fourth-order valence-corrected chi connectivity index (χ4v) is 2.59. The van der Waals surface area contributed by atoms with Gasteiger partial charge in [-0.25, -0.2) is 0 Å². The molecule has 1 amide bonds. The quantitative estimate of drug-likeness (QED) is 0.843. The highest BCUT2D eigenvalue weighted by Crippen LogP contribution is 2.25. The molecule has 2 N–H and O–H groups in total. The lowest BCUT2D eigenvalue weighted by Gasteiger charge is -2.14. The Hall–Kier alpha value is -1.78. The van der Waals surface area contributed by atoms with Crippen LogP contribution in [-0.4, -0.2) is 17.3 Å². The molecule has 0 spiro atoms. The van der Waals surface area contributed by atoms with Gasteiger partial charge in [-0.1, -0.05) is 30.3 Å². The average molecular weight is 287 g/mol. The van der Waals surface area contributed by atoms with Crippen LogP contribution in [0.25, 0.3) is 0 Å². The highest BCUT2D eigenvalue weighted by atomic mass is 32.2. The fourth-order valence-electron chi connectivity index (χ4n) is 2.00. The number of thioether (sulfide) groups is 1. The lowest BCUT2D eigenvalue weighted by Crippen LogP contribution is -2.14. The van der Waals surface area contributed by atoms with E-state index in [4.69, 9.17) is 0 Å². The number of hydrogen-bond acceptors (Lipinski definition) is 3. The molecule has 2 aromatic carbocycles. The molecular formula is C16H17NO2S. The molecule has 0 aliphatic rings. The topological polar surface area (TPSA) is 49.3 Å². The van der Waals surface area contributed by atoms with Crippen molar-refractivity contribution >= 4 is 23.4 Å². The van der Waals surface area contributed by atoms with Crippen LogP contribution < -0.4 is 5.32 Å². The summed E-state index contributed by atoms with van der Waals surface area (Å²) in [5.74, 6) is -0.164. The Morgan fingerprint density at radius 1 is 1.15 bits per heavy atom. The lowest BCUT2D eigenvalue weighted by molar-refractivity contribution is 0.102. The molecule has 0 bridgehead atoms. The summed E-state index contributed by atoms with van der Waals surface area (Å²) in [5, 5.41) is 12.6. The highest BCUT2D eigenvalue weighted by Gasteiger charge is 2.13. The van der Waals surface area contributed by atoms with Crippen LogP contribution in [0.3, 0.4) is 0 Å². The molecule has 0 aliphatic heterocycles. The second kappa shape index (κ2) is 6.59. The van der Waals surface area contributed by atoms with Crippen molar-refractivity contribution in [3.63, 3.8) is 0 Å². The van der Waals surface area contributed by atoms with Crippen molar-refractivity contribution in [2.45, 2.75) is 17.9 Å². The van der Waals surface area contributed by atoms with E-state index in [1.807, 2.05) is 36.6 Å². The Labute approximate surface area is 123 Å². The first-order chi connectivity index (χ1) is 9.63. The van der Waals surface area contributed by atoms with E-state index in [2.05, 4.69) is 5.32 Å². The summed E-state index contributed by atoms with van der Waals surface area (Å²) in [6.07, 6.45) is 1.32. The van der Waals surface area contributed by atoms with Crippen LogP contribution in [-0.2, 0) is 0 Å². The van der Waals surface area contributed by atoms with E-state index in [0.717, 1.165) is 4.90 Å².